The fourth-order valence-corrected chi connectivity index (χ4v) is 5.12. The van der Waals surface area contributed by atoms with E-state index in [1.165, 1.54) is 0 Å². The van der Waals surface area contributed by atoms with E-state index in [1.807, 2.05) is 0 Å². The molecule has 0 aromatic rings. The molecule has 30 heavy (non-hydrogen) atoms. The summed E-state index contributed by atoms with van der Waals surface area (Å²) >= 11 is 0. The maximum Gasteiger partial charge on any atom is 0.639 e. The zero-order valence-corrected chi connectivity index (χ0v) is 17.1. The van der Waals surface area contributed by atoms with Crippen molar-refractivity contribution in [1.82, 2.24) is 0 Å². The van der Waals surface area contributed by atoms with Crippen LogP contribution in [0.15, 0.2) is 0 Å². The molecule has 3 aliphatic heterocycles. The molecule has 0 amide bonds. The molecule has 0 bridgehead atoms. The molecule has 14 nitrogen and oxygen atoms in total. The number of hydrogen-bond acceptors (Lipinski definition) is 14. The van der Waals surface area contributed by atoms with Crippen molar-refractivity contribution in [2.75, 3.05) is 33.0 Å². The lowest BCUT2D eigenvalue weighted by molar-refractivity contribution is -0.0113. The fourth-order valence-electron chi connectivity index (χ4n) is 2.34. The predicted octanol–water partition coefficient (Wildman–Crippen LogP) is -2.09. The van der Waals surface area contributed by atoms with Crippen molar-refractivity contribution in [2.24, 2.45) is 5.92 Å². The highest BCUT2D eigenvalue weighted by atomic mass is 32.3. The van der Waals surface area contributed by atoms with E-state index in [0.717, 1.165) is 0 Å². The molecule has 0 N–H and O–H groups in total. The molecule has 174 valence electrons. The minimum atomic E-state index is -4.55. The van der Waals surface area contributed by atoms with Crippen LogP contribution < -0.4 is 0 Å². The van der Waals surface area contributed by atoms with Gasteiger partial charge < -0.3 is 14.0 Å². The Morgan fingerprint density at radius 1 is 0.800 bits per heavy atom. The van der Waals surface area contributed by atoms with Gasteiger partial charge in [0.25, 0.3) is 10.1 Å². The van der Waals surface area contributed by atoms with Crippen molar-refractivity contribution in [3.8, 4) is 0 Å². The van der Waals surface area contributed by atoms with Crippen molar-refractivity contribution in [3.63, 3.8) is 0 Å². The number of hydrogen-bond donors (Lipinski definition) is 0. The summed E-state index contributed by atoms with van der Waals surface area (Å²) in [6.07, 6.45) is -5.18. The van der Waals surface area contributed by atoms with E-state index in [2.05, 4.69) is 20.9 Å². The van der Waals surface area contributed by atoms with Gasteiger partial charge in [-0.25, -0.2) is 25.5 Å². The van der Waals surface area contributed by atoms with Crippen LogP contribution in [0.5, 0.6) is 0 Å². The Labute approximate surface area is 170 Å². The highest BCUT2D eigenvalue weighted by Crippen LogP contribution is 2.26. The maximum atomic E-state index is 13.8. The summed E-state index contributed by atoms with van der Waals surface area (Å²) in [5, 5.41) is 0. The average Bonchev–Trinajstić information content (AvgIpc) is 3.21. The Kier molecular flexibility index (Phi) is 7.34. The summed E-state index contributed by atoms with van der Waals surface area (Å²) < 4.78 is 131. The van der Waals surface area contributed by atoms with Crippen molar-refractivity contribution >= 4 is 38.2 Å². The van der Waals surface area contributed by atoms with Gasteiger partial charge in [-0.05, 0) is 0 Å². The Bertz CT molecular complexity index is 920. The molecule has 0 spiro atoms. The normalized spacial score (nSPS) is 36.8. The van der Waals surface area contributed by atoms with E-state index in [1.54, 1.807) is 0 Å². The summed E-state index contributed by atoms with van der Waals surface area (Å²) in [6, 6.07) is 0. The highest BCUT2D eigenvalue weighted by molar-refractivity contribution is 7.87. The van der Waals surface area contributed by atoms with Crippen LogP contribution in [0.1, 0.15) is 0 Å². The zero-order chi connectivity index (χ0) is 22.2. The Hall–Kier alpha value is -0.545. The van der Waals surface area contributed by atoms with E-state index in [9.17, 15) is 34.0 Å². The predicted molar refractivity (Wildman–Crippen MR) is 86.4 cm³/mol. The third kappa shape index (κ3) is 6.25. The third-order valence-corrected chi connectivity index (χ3v) is 6.99. The van der Waals surface area contributed by atoms with Gasteiger partial charge in [-0.1, -0.05) is 0 Å². The lowest BCUT2D eigenvalue weighted by atomic mass is 10.1. The van der Waals surface area contributed by atoms with Gasteiger partial charge >= 0.3 is 28.1 Å². The van der Waals surface area contributed by atoms with Crippen LogP contribution in [0.3, 0.4) is 0 Å². The SMILES string of the molecule is O=S1(=O)OCC(COB(OCC2COS(=O)(=O)C2F)OCC2OS(=O)(=O)OC2F)O1. The number of alkyl halides is 2. The second-order valence-corrected chi connectivity index (χ2v) is 10.2. The summed E-state index contributed by atoms with van der Waals surface area (Å²) in [5.41, 5.74) is -2.37. The Balaban J connectivity index is 1.55. The summed E-state index contributed by atoms with van der Waals surface area (Å²) in [5.74, 6) is -1.24. The van der Waals surface area contributed by atoms with Gasteiger partial charge in [0.1, 0.15) is 6.10 Å². The minimum absolute atomic E-state index is 0.388. The molecule has 5 unspecified atom stereocenters. The van der Waals surface area contributed by atoms with Gasteiger partial charge in [0.05, 0.1) is 32.3 Å². The Morgan fingerprint density at radius 3 is 2.00 bits per heavy atom. The molecule has 3 fully saturated rings. The van der Waals surface area contributed by atoms with Gasteiger partial charge in [0.2, 0.25) is 11.9 Å². The van der Waals surface area contributed by atoms with Crippen LogP contribution in [0, 0.1) is 5.92 Å². The van der Waals surface area contributed by atoms with Crippen LogP contribution in [-0.4, -0.2) is 89.7 Å². The molecule has 0 saturated carbocycles. The van der Waals surface area contributed by atoms with Crippen LogP contribution in [0.2, 0.25) is 0 Å². The molecular weight excluding hydrogens is 489 g/mol. The highest BCUT2D eigenvalue weighted by Gasteiger charge is 2.45. The minimum Gasteiger partial charge on any atom is -0.385 e. The Morgan fingerprint density at radius 2 is 1.47 bits per heavy atom. The smallest absolute Gasteiger partial charge is 0.385 e. The van der Waals surface area contributed by atoms with Crippen LogP contribution in [0.25, 0.3) is 0 Å². The summed E-state index contributed by atoms with van der Waals surface area (Å²) in [7, 11) is -14.9. The average molecular weight is 504 g/mol. The fraction of sp³-hybridized carbons (Fsp3) is 1.00. The first-order valence-corrected chi connectivity index (χ1v) is 12.2. The van der Waals surface area contributed by atoms with E-state index < -0.39 is 94.7 Å². The second kappa shape index (κ2) is 9.14. The summed E-state index contributed by atoms with van der Waals surface area (Å²) in [6.45, 7) is -2.75. The second-order valence-electron chi connectivity index (χ2n) is 6.08. The van der Waals surface area contributed by atoms with Crippen molar-refractivity contribution in [3.05, 3.63) is 0 Å². The molecule has 5 atom stereocenters. The van der Waals surface area contributed by atoms with Crippen LogP contribution in [0.4, 0.5) is 8.78 Å². The van der Waals surface area contributed by atoms with Crippen LogP contribution >= 0.6 is 0 Å². The van der Waals surface area contributed by atoms with E-state index >= 15 is 0 Å². The van der Waals surface area contributed by atoms with Gasteiger partial charge in [-0.2, -0.15) is 25.3 Å². The van der Waals surface area contributed by atoms with E-state index in [0.29, 0.717) is 0 Å². The molecule has 3 saturated heterocycles. The van der Waals surface area contributed by atoms with Crippen molar-refractivity contribution < 1.29 is 68.9 Å². The monoisotopic (exact) mass is 504 g/mol. The van der Waals surface area contributed by atoms with Gasteiger partial charge in [0, 0.05) is 6.61 Å². The zero-order valence-electron chi connectivity index (χ0n) is 14.7. The molecule has 3 aliphatic rings. The number of halogens is 2. The van der Waals surface area contributed by atoms with Gasteiger partial charge in [-0.3, -0.25) is 4.18 Å². The molecular formula is C10H15BF2O14S3. The maximum absolute atomic E-state index is 13.8. The van der Waals surface area contributed by atoms with E-state index in [-0.39, 0.29) is 6.61 Å². The summed E-state index contributed by atoms with van der Waals surface area (Å²) in [4.78, 5) is 0. The first-order valence-electron chi connectivity index (χ1n) is 8.07. The van der Waals surface area contributed by atoms with Gasteiger partial charge in [-0.15, -0.1) is 0 Å². The molecule has 0 radical (unpaired) electrons. The first kappa shape index (κ1) is 24.1. The number of rotatable bonds is 9. The molecule has 0 aromatic carbocycles. The molecule has 0 aliphatic carbocycles. The molecule has 0 aromatic heterocycles. The van der Waals surface area contributed by atoms with Crippen molar-refractivity contribution in [2.45, 2.75) is 24.1 Å². The van der Waals surface area contributed by atoms with E-state index in [4.69, 9.17) is 14.0 Å². The lowest BCUT2D eigenvalue weighted by Crippen LogP contribution is -2.37. The van der Waals surface area contributed by atoms with Crippen LogP contribution in [-0.2, 0) is 65.8 Å². The molecule has 3 heterocycles. The largest absolute Gasteiger partial charge is 0.639 e. The van der Waals surface area contributed by atoms with Crippen molar-refractivity contribution in [1.29, 1.82) is 0 Å². The first-order chi connectivity index (χ1) is 13.9. The standard InChI is InChI=1S/C10H15BF2O14S3/c12-9-8(26-30(18,19)27-9)5-22-11(21-3-7-4-24-29(16,17)25-7)20-1-6-2-23-28(14,15)10(6)13/h6-10H,1-5H2. The molecule has 20 heteroatoms. The molecule has 3 rings (SSSR count). The third-order valence-electron chi connectivity index (χ3n) is 3.75. The van der Waals surface area contributed by atoms with Gasteiger partial charge in [0.15, 0.2) is 6.10 Å². The topological polar surface area (TPSA) is 176 Å². The quantitative estimate of drug-likeness (QED) is 0.247. The lowest BCUT2D eigenvalue weighted by Gasteiger charge is -2.19.